The minimum atomic E-state index is 1.07. The van der Waals surface area contributed by atoms with E-state index < -0.39 is 0 Å². The Hall–Kier alpha value is -2.82. The lowest BCUT2D eigenvalue weighted by Gasteiger charge is -2.06. The van der Waals surface area contributed by atoms with E-state index in [0.717, 1.165) is 10.4 Å². The van der Waals surface area contributed by atoms with E-state index >= 15 is 0 Å². The van der Waals surface area contributed by atoms with Crippen molar-refractivity contribution >= 4 is 22.1 Å². The van der Waals surface area contributed by atoms with Gasteiger partial charge in [-0.25, -0.2) is 0 Å². The van der Waals surface area contributed by atoms with Crippen molar-refractivity contribution in [3.05, 3.63) is 94.2 Å². The first-order valence-corrected chi connectivity index (χ1v) is 8.78. The lowest BCUT2D eigenvalue weighted by Crippen LogP contribution is -1.84. The van der Waals surface area contributed by atoms with Crippen LogP contribution < -0.4 is 0 Å². The molecule has 0 N–H and O–H groups in total. The van der Waals surface area contributed by atoms with Crippen molar-refractivity contribution < 1.29 is 0 Å². The molecule has 0 fully saturated rings. The zero-order chi connectivity index (χ0) is 16.4. The Morgan fingerprint density at radius 3 is 2.33 bits per heavy atom. The Labute approximate surface area is 146 Å². The fraction of sp³-hybridized carbons (Fsp3) is 0.0435. The van der Waals surface area contributed by atoms with E-state index in [9.17, 15) is 0 Å². The molecule has 4 aromatic rings. The molecule has 0 spiro atoms. The van der Waals surface area contributed by atoms with Gasteiger partial charge in [0.25, 0.3) is 0 Å². The van der Waals surface area contributed by atoms with Crippen LogP contribution in [-0.4, -0.2) is 0 Å². The molecule has 0 unspecified atom stereocenters. The summed E-state index contributed by atoms with van der Waals surface area (Å²) in [6.45, 7) is 2.11. The summed E-state index contributed by atoms with van der Waals surface area (Å²) in [4.78, 5) is 2.41. The molecule has 0 aliphatic carbocycles. The Kier molecular flexibility index (Phi) is 3.91. The Bertz CT molecular complexity index is 1070. The van der Waals surface area contributed by atoms with Gasteiger partial charge in [-0.2, -0.15) is 0 Å². The maximum atomic E-state index is 3.35. The first kappa shape index (κ1) is 14.8. The second kappa shape index (κ2) is 6.35. The van der Waals surface area contributed by atoms with E-state index in [-0.39, 0.29) is 0 Å². The highest BCUT2D eigenvalue weighted by molar-refractivity contribution is 7.12. The minimum Gasteiger partial charge on any atom is -0.132 e. The van der Waals surface area contributed by atoms with Crippen LogP contribution in [0, 0.1) is 18.8 Å². The van der Waals surface area contributed by atoms with E-state index in [1.807, 2.05) is 6.07 Å². The molecule has 0 nitrogen and oxygen atoms in total. The molecule has 1 heteroatoms. The normalized spacial score (nSPS) is 10.4. The molecule has 24 heavy (non-hydrogen) atoms. The third kappa shape index (κ3) is 2.97. The fourth-order valence-electron chi connectivity index (χ4n) is 2.83. The smallest absolute Gasteiger partial charge is 0.0775 e. The van der Waals surface area contributed by atoms with Crippen molar-refractivity contribution in [1.29, 1.82) is 0 Å². The zero-order valence-electron chi connectivity index (χ0n) is 13.4. The second-order valence-electron chi connectivity index (χ2n) is 5.77. The monoisotopic (exact) mass is 324 g/mol. The van der Waals surface area contributed by atoms with Crippen LogP contribution >= 0.6 is 11.3 Å². The molecule has 3 aromatic carbocycles. The molecular formula is C23H16S. The average Bonchev–Trinajstić information content (AvgIpc) is 3.05. The van der Waals surface area contributed by atoms with Gasteiger partial charge in [-0.15, -0.1) is 11.3 Å². The number of fused-ring (bicyclic) bond motifs is 1. The summed E-state index contributed by atoms with van der Waals surface area (Å²) in [6, 6.07) is 27.6. The summed E-state index contributed by atoms with van der Waals surface area (Å²) in [5, 5.41) is 2.52. The predicted molar refractivity (Wildman–Crippen MR) is 104 cm³/mol. The molecule has 114 valence electrons. The summed E-state index contributed by atoms with van der Waals surface area (Å²) >= 11 is 1.74. The van der Waals surface area contributed by atoms with Crippen LogP contribution in [0.3, 0.4) is 0 Å². The van der Waals surface area contributed by atoms with Gasteiger partial charge in [-0.3, -0.25) is 0 Å². The lowest BCUT2D eigenvalue weighted by molar-refractivity contribution is 1.60. The van der Waals surface area contributed by atoms with Crippen molar-refractivity contribution in [3.63, 3.8) is 0 Å². The summed E-state index contributed by atoms with van der Waals surface area (Å²) in [5.41, 5.74) is 3.46. The van der Waals surface area contributed by atoms with Gasteiger partial charge in [0.15, 0.2) is 0 Å². The lowest BCUT2D eigenvalue weighted by atomic mass is 9.97. The molecule has 1 aromatic heterocycles. The Morgan fingerprint density at radius 2 is 1.50 bits per heavy atom. The molecule has 0 radical (unpaired) electrons. The molecule has 0 saturated heterocycles. The van der Waals surface area contributed by atoms with Crippen LogP contribution in [0.4, 0.5) is 0 Å². The third-order valence-electron chi connectivity index (χ3n) is 4.05. The van der Waals surface area contributed by atoms with E-state index in [4.69, 9.17) is 0 Å². The van der Waals surface area contributed by atoms with Crippen LogP contribution in [0.1, 0.15) is 15.3 Å². The van der Waals surface area contributed by atoms with E-state index in [1.54, 1.807) is 11.3 Å². The first-order chi connectivity index (χ1) is 11.8. The minimum absolute atomic E-state index is 1.07. The maximum Gasteiger partial charge on any atom is 0.0775 e. The van der Waals surface area contributed by atoms with Gasteiger partial charge < -0.3 is 0 Å². The Morgan fingerprint density at radius 1 is 0.708 bits per heavy atom. The molecule has 0 bridgehead atoms. The number of thiophene rings is 1. The average molecular weight is 324 g/mol. The van der Waals surface area contributed by atoms with E-state index in [2.05, 4.69) is 91.6 Å². The standard InChI is InChI=1S/C23H16S/c1-17-10-14-22(24-17)15-13-19-7-4-5-9-23(19)21-12-11-18-6-2-3-8-20(18)16-21/h2-12,14,16H,1H3. The van der Waals surface area contributed by atoms with Crippen molar-refractivity contribution in [3.8, 4) is 23.0 Å². The number of rotatable bonds is 1. The van der Waals surface area contributed by atoms with Crippen LogP contribution in [-0.2, 0) is 0 Å². The topological polar surface area (TPSA) is 0 Å². The number of benzene rings is 3. The summed E-state index contributed by atoms with van der Waals surface area (Å²) in [7, 11) is 0. The van der Waals surface area contributed by atoms with Gasteiger partial charge in [0.05, 0.1) is 4.88 Å². The van der Waals surface area contributed by atoms with Gasteiger partial charge in [-0.1, -0.05) is 66.4 Å². The molecule has 0 amide bonds. The van der Waals surface area contributed by atoms with Gasteiger partial charge >= 0.3 is 0 Å². The van der Waals surface area contributed by atoms with Crippen molar-refractivity contribution in [2.75, 3.05) is 0 Å². The highest BCUT2D eigenvalue weighted by Gasteiger charge is 2.04. The molecule has 0 saturated carbocycles. The van der Waals surface area contributed by atoms with Gasteiger partial charge in [-0.05, 0) is 53.1 Å². The van der Waals surface area contributed by atoms with Crippen molar-refractivity contribution in [2.45, 2.75) is 6.92 Å². The third-order valence-corrected chi connectivity index (χ3v) is 4.96. The summed E-state index contributed by atoms with van der Waals surface area (Å²) in [5.74, 6) is 6.65. The predicted octanol–water partition coefficient (Wildman–Crippen LogP) is 6.28. The van der Waals surface area contributed by atoms with Gasteiger partial charge in [0, 0.05) is 10.4 Å². The number of aryl methyl sites for hydroxylation is 1. The van der Waals surface area contributed by atoms with Crippen LogP contribution in [0.15, 0.2) is 78.9 Å². The molecule has 4 rings (SSSR count). The molecule has 0 aliphatic rings. The second-order valence-corrected chi connectivity index (χ2v) is 7.06. The molecule has 0 aliphatic heterocycles. The van der Waals surface area contributed by atoms with Crippen molar-refractivity contribution in [1.82, 2.24) is 0 Å². The highest BCUT2D eigenvalue weighted by Crippen LogP contribution is 2.27. The zero-order valence-corrected chi connectivity index (χ0v) is 14.2. The molecule has 1 heterocycles. The van der Waals surface area contributed by atoms with Crippen LogP contribution in [0.25, 0.3) is 21.9 Å². The van der Waals surface area contributed by atoms with Crippen LogP contribution in [0.5, 0.6) is 0 Å². The molecule has 0 atom stereocenters. The van der Waals surface area contributed by atoms with Gasteiger partial charge in [0.1, 0.15) is 0 Å². The van der Waals surface area contributed by atoms with Gasteiger partial charge in [0.2, 0.25) is 0 Å². The quantitative estimate of drug-likeness (QED) is 0.362. The van der Waals surface area contributed by atoms with E-state index in [1.165, 1.54) is 26.8 Å². The maximum absolute atomic E-state index is 3.35. The van der Waals surface area contributed by atoms with Crippen molar-refractivity contribution in [2.24, 2.45) is 0 Å². The fourth-order valence-corrected chi connectivity index (χ4v) is 3.55. The first-order valence-electron chi connectivity index (χ1n) is 7.96. The Balaban J connectivity index is 1.79. The molecular weight excluding hydrogens is 308 g/mol. The number of hydrogen-bond donors (Lipinski definition) is 0. The van der Waals surface area contributed by atoms with Crippen LogP contribution in [0.2, 0.25) is 0 Å². The largest absolute Gasteiger partial charge is 0.132 e. The summed E-state index contributed by atoms with van der Waals surface area (Å²) < 4.78 is 0. The number of hydrogen-bond acceptors (Lipinski definition) is 1. The van der Waals surface area contributed by atoms with E-state index in [0.29, 0.717) is 0 Å². The summed E-state index contributed by atoms with van der Waals surface area (Å²) in [6.07, 6.45) is 0. The SMILES string of the molecule is Cc1ccc(C#Cc2ccccc2-c2ccc3ccccc3c2)s1. The highest BCUT2D eigenvalue weighted by atomic mass is 32.1.